The predicted molar refractivity (Wildman–Crippen MR) is 153 cm³/mol. The Bertz CT molecular complexity index is 1730. The van der Waals surface area contributed by atoms with Gasteiger partial charge in [-0.3, -0.25) is 0 Å². The van der Waals surface area contributed by atoms with Gasteiger partial charge >= 0.3 is 20.2 Å². The molecule has 0 saturated heterocycles. The molecule has 11 nitrogen and oxygen atoms in total. The van der Waals surface area contributed by atoms with E-state index in [-0.39, 0.29) is 11.1 Å². The molecule has 0 radical (unpaired) electrons. The third-order valence-corrected chi connectivity index (χ3v) is 6.92. The minimum atomic E-state index is -3.46. The average Bonchev–Trinajstić information content (AvgIpc) is 3.73. The predicted octanol–water partition coefficient (Wildman–Crippen LogP) is 5.59. The lowest BCUT2D eigenvalue weighted by atomic mass is 10.2. The van der Waals surface area contributed by atoms with Crippen LogP contribution in [-0.4, -0.2) is 41.9 Å². The highest BCUT2D eigenvalue weighted by Gasteiger charge is 2.17. The standard InChI is InChI=1S/C30H21N6O5P/c37-29(23-11-15-25(16-12-23)35-19-27(31-33-35)21-7-3-1-4-8-21)40-42(39)41-30(38)24-13-17-26(18-14-24)36-20-28(32-34-36)22-9-5-2-6-10-22/h1-20,42H. The van der Waals surface area contributed by atoms with Crippen molar-refractivity contribution in [3.05, 3.63) is 133 Å². The first-order valence-corrected chi connectivity index (χ1v) is 13.9. The summed E-state index contributed by atoms with van der Waals surface area (Å²) in [6, 6.07) is 31.7. The van der Waals surface area contributed by atoms with Crippen molar-refractivity contribution in [2.75, 3.05) is 0 Å². The summed E-state index contributed by atoms with van der Waals surface area (Å²) in [6.07, 6.45) is 3.53. The highest BCUT2D eigenvalue weighted by molar-refractivity contribution is 7.34. The molecular weight excluding hydrogens is 555 g/mol. The lowest BCUT2D eigenvalue weighted by Gasteiger charge is -2.07. The van der Waals surface area contributed by atoms with E-state index in [0.29, 0.717) is 22.8 Å². The van der Waals surface area contributed by atoms with E-state index >= 15 is 0 Å². The second-order valence-corrected chi connectivity index (χ2v) is 9.86. The van der Waals surface area contributed by atoms with Gasteiger partial charge in [-0.2, -0.15) is 0 Å². The second kappa shape index (κ2) is 11.8. The Kier molecular flexibility index (Phi) is 7.48. The summed E-state index contributed by atoms with van der Waals surface area (Å²) in [4.78, 5) is 25.0. The van der Waals surface area contributed by atoms with Gasteiger partial charge in [-0.25, -0.2) is 23.5 Å². The molecule has 2 heterocycles. The van der Waals surface area contributed by atoms with Gasteiger partial charge in [0.1, 0.15) is 11.4 Å². The number of nitrogens with zero attached hydrogens (tertiary/aromatic N) is 6. The molecule has 206 valence electrons. The smallest absolute Gasteiger partial charge is 0.381 e. The summed E-state index contributed by atoms with van der Waals surface area (Å²) in [5, 5.41) is 16.6. The number of rotatable bonds is 8. The summed E-state index contributed by atoms with van der Waals surface area (Å²) in [5.74, 6) is -1.78. The lowest BCUT2D eigenvalue weighted by Crippen LogP contribution is -2.05. The Morgan fingerprint density at radius 2 is 0.929 bits per heavy atom. The fourth-order valence-corrected chi connectivity index (χ4v) is 4.63. The van der Waals surface area contributed by atoms with E-state index in [1.165, 1.54) is 24.3 Å². The third-order valence-electron chi connectivity index (χ3n) is 6.21. The lowest BCUT2D eigenvalue weighted by molar-refractivity contribution is 0.0653. The van der Waals surface area contributed by atoms with Gasteiger partial charge in [0, 0.05) is 11.1 Å². The summed E-state index contributed by atoms with van der Waals surface area (Å²) in [7, 11) is -3.46. The van der Waals surface area contributed by atoms with Crippen LogP contribution in [0.25, 0.3) is 33.9 Å². The SMILES string of the molecule is O=C(O[PH](=O)OC(=O)c1ccc(-n2cc(-c3ccccc3)nn2)cc1)c1ccc(-n2cc(-c3ccccc3)nn2)cc1. The Morgan fingerprint density at radius 1 is 0.548 bits per heavy atom. The molecule has 6 aromatic rings. The number of hydrogen-bond donors (Lipinski definition) is 0. The molecule has 0 unspecified atom stereocenters. The number of hydrogen-bond acceptors (Lipinski definition) is 9. The quantitative estimate of drug-likeness (QED) is 0.213. The topological polar surface area (TPSA) is 131 Å². The normalized spacial score (nSPS) is 10.9. The first-order valence-electron chi connectivity index (χ1n) is 12.7. The van der Waals surface area contributed by atoms with E-state index in [1.54, 1.807) is 46.0 Å². The maximum Gasteiger partial charge on any atom is 0.423 e. The van der Waals surface area contributed by atoms with Crippen LogP contribution in [0.5, 0.6) is 0 Å². The number of carbonyl (C=O) groups excluding carboxylic acids is 2. The van der Waals surface area contributed by atoms with Gasteiger partial charge in [0.15, 0.2) is 0 Å². The van der Waals surface area contributed by atoms with Crippen LogP contribution < -0.4 is 0 Å². The minimum Gasteiger partial charge on any atom is -0.381 e. The average molecular weight is 577 g/mol. The second-order valence-electron chi connectivity index (χ2n) is 8.95. The zero-order chi connectivity index (χ0) is 28.9. The van der Waals surface area contributed by atoms with Gasteiger partial charge in [-0.1, -0.05) is 71.1 Å². The molecule has 2 aromatic heterocycles. The summed E-state index contributed by atoms with van der Waals surface area (Å²) in [6.45, 7) is 0. The molecule has 0 aliphatic rings. The fraction of sp³-hybridized carbons (Fsp3) is 0. The van der Waals surface area contributed by atoms with Gasteiger partial charge in [0.05, 0.1) is 34.9 Å². The van der Waals surface area contributed by atoms with E-state index in [9.17, 15) is 14.2 Å². The Hall–Kier alpha value is -5.67. The van der Waals surface area contributed by atoms with Gasteiger partial charge in [0.2, 0.25) is 0 Å². The zero-order valence-corrected chi connectivity index (χ0v) is 22.8. The molecule has 4 aromatic carbocycles. The summed E-state index contributed by atoms with van der Waals surface area (Å²) < 4.78 is 25.2. The van der Waals surface area contributed by atoms with E-state index in [2.05, 4.69) is 20.6 Å². The van der Waals surface area contributed by atoms with Crippen LogP contribution in [0.4, 0.5) is 0 Å². The first kappa shape index (κ1) is 26.5. The number of aromatic nitrogens is 6. The highest BCUT2D eigenvalue weighted by Crippen LogP contribution is 2.28. The summed E-state index contributed by atoms with van der Waals surface area (Å²) in [5.41, 5.74) is 4.82. The van der Waals surface area contributed by atoms with E-state index in [0.717, 1.165) is 11.1 Å². The van der Waals surface area contributed by atoms with Gasteiger partial charge < -0.3 is 9.05 Å². The molecule has 0 fully saturated rings. The molecule has 6 rings (SSSR count). The van der Waals surface area contributed by atoms with Crippen molar-refractivity contribution in [3.63, 3.8) is 0 Å². The molecule has 0 aliphatic heterocycles. The third kappa shape index (κ3) is 5.91. The number of benzene rings is 4. The molecule has 42 heavy (non-hydrogen) atoms. The van der Waals surface area contributed by atoms with Crippen LogP contribution in [0, 0.1) is 0 Å². The fourth-order valence-electron chi connectivity index (χ4n) is 4.05. The molecule has 0 N–H and O–H groups in total. The van der Waals surface area contributed by atoms with Crippen molar-refractivity contribution >= 4 is 20.2 Å². The molecule has 0 aliphatic carbocycles. The molecular formula is C30H21N6O5P. The maximum absolute atomic E-state index is 12.5. The zero-order valence-electron chi connectivity index (χ0n) is 21.8. The Balaban J connectivity index is 1.04. The van der Waals surface area contributed by atoms with Crippen LogP contribution in [0.15, 0.2) is 122 Å². The van der Waals surface area contributed by atoms with E-state index in [4.69, 9.17) is 9.05 Å². The molecule has 0 amide bonds. The van der Waals surface area contributed by atoms with Crippen molar-refractivity contribution in [1.29, 1.82) is 0 Å². The van der Waals surface area contributed by atoms with Gasteiger partial charge in [0.25, 0.3) is 0 Å². The Labute approximate surface area is 239 Å². The van der Waals surface area contributed by atoms with Crippen LogP contribution in [-0.2, 0) is 13.6 Å². The Morgan fingerprint density at radius 3 is 1.31 bits per heavy atom. The van der Waals surface area contributed by atoms with Crippen LogP contribution in [0.2, 0.25) is 0 Å². The molecule has 0 saturated carbocycles. The van der Waals surface area contributed by atoms with E-state index < -0.39 is 20.2 Å². The van der Waals surface area contributed by atoms with Crippen molar-refractivity contribution in [2.45, 2.75) is 0 Å². The first-order chi connectivity index (χ1) is 20.5. The minimum absolute atomic E-state index is 0.128. The highest BCUT2D eigenvalue weighted by atomic mass is 31.1. The van der Waals surface area contributed by atoms with Crippen molar-refractivity contribution in [2.24, 2.45) is 0 Å². The largest absolute Gasteiger partial charge is 0.423 e. The van der Waals surface area contributed by atoms with Crippen LogP contribution in [0.1, 0.15) is 20.7 Å². The van der Waals surface area contributed by atoms with Crippen molar-refractivity contribution < 1.29 is 23.2 Å². The molecule has 0 atom stereocenters. The van der Waals surface area contributed by atoms with Gasteiger partial charge in [-0.15, -0.1) is 10.2 Å². The monoisotopic (exact) mass is 576 g/mol. The molecule has 0 spiro atoms. The molecule has 0 bridgehead atoms. The van der Waals surface area contributed by atoms with Crippen LogP contribution >= 0.6 is 8.25 Å². The van der Waals surface area contributed by atoms with Crippen LogP contribution in [0.3, 0.4) is 0 Å². The maximum atomic E-state index is 12.5. The number of carbonyl (C=O) groups is 2. The van der Waals surface area contributed by atoms with Crippen molar-refractivity contribution in [3.8, 4) is 33.9 Å². The molecule has 12 heteroatoms. The van der Waals surface area contributed by atoms with E-state index in [1.807, 2.05) is 60.7 Å². The van der Waals surface area contributed by atoms with Gasteiger partial charge in [-0.05, 0) is 48.5 Å². The summed E-state index contributed by atoms with van der Waals surface area (Å²) >= 11 is 0. The van der Waals surface area contributed by atoms with Crippen molar-refractivity contribution in [1.82, 2.24) is 30.0 Å².